The Morgan fingerprint density at radius 2 is 1.81 bits per heavy atom. The fourth-order valence-corrected chi connectivity index (χ4v) is 5.86. The van der Waals surface area contributed by atoms with Crippen molar-refractivity contribution in [2.45, 2.75) is 99.3 Å². The van der Waals surface area contributed by atoms with Crippen molar-refractivity contribution >= 4 is 40.4 Å². The summed E-state index contributed by atoms with van der Waals surface area (Å²) < 4.78 is 5.88. The van der Waals surface area contributed by atoms with Crippen LogP contribution in [0.4, 0.5) is 17.2 Å². The zero-order valence-electron chi connectivity index (χ0n) is 33.7. The van der Waals surface area contributed by atoms with Gasteiger partial charge in [0.05, 0.1) is 18.5 Å². The number of amides is 2. The first kappa shape index (κ1) is 43.2. The number of hydrogen-bond acceptors (Lipinski definition) is 9. The van der Waals surface area contributed by atoms with E-state index in [0.717, 1.165) is 85.9 Å². The minimum atomic E-state index is -0.419. The zero-order chi connectivity index (χ0) is 39.6. The number of carbonyl (C=O) groups is 2. The Bertz CT molecular complexity index is 1840. The van der Waals surface area contributed by atoms with E-state index in [9.17, 15) is 9.59 Å². The van der Waals surface area contributed by atoms with Crippen LogP contribution in [0, 0.1) is 36.5 Å². The molecule has 1 fully saturated rings. The number of unbranched alkanes of at least 4 members (excludes halogenated alkanes) is 1. The molecule has 290 valence electrons. The number of benzene rings is 1. The summed E-state index contributed by atoms with van der Waals surface area (Å²) in [7, 11) is 4.92. The Hall–Kier alpha value is -5.24. The average molecular weight is 737 g/mol. The lowest BCUT2D eigenvalue weighted by molar-refractivity contribution is -0.117. The van der Waals surface area contributed by atoms with Crippen LogP contribution in [0.3, 0.4) is 0 Å². The van der Waals surface area contributed by atoms with E-state index >= 15 is 0 Å². The molecule has 0 aliphatic heterocycles. The predicted octanol–water partition coefficient (Wildman–Crippen LogP) is 8.26. The Labute approximate surface area is 322 Å². The fourth-order valence-electron chi connectivity index (χ4n) is 5.86. The molecule has 0 bridgehead atoms. The molecule has 1 unspecified atom stereocenters. The normalized spacial score (nSPS) is 13.2. The summed E-state index contributed by atoms with van der Waals surface area (Å²) in [5, 5.41) is 16.8. The van der Waals surface area contributed by atoms with Crippen molar-refractivity contribution in [1.29, 1.82) is 0 Å². The first-order valence-corrected chi connectivity index (χ1v) is 19.2. The minimum absolute atomic E-state index is 0.000174. The first-order valence-electron chi connectivity index (χ1n) is 19.2. The molecule has 2 heterocycles. The van der Waals surface area contributed by atoms with Crippen LogP contribution < -0.4 is 26.4 Å². The Morgan fingerprint density at radius 3 is 2.43 bits per heavy atom. The Balaban J connectivity index is 0.000000507. The molecule has 1 aliphatic rings. The van der Waals surface area contributed by atoms with Gasteiger partial charge in [-0.3, -0.25) is 19.6 Å². The maximum Gasteiger partial charge on any atom is 0.273 e. The molecular weight excluding hydrogens is 677 g/mol. The van der Waals surface area contributed by atoms with Gasteiger partial charge in [0.25, 0.3) is 5.91 Å². The molecule has 0 spiro atoms. The van der Waals surface area contributed by atoms with Crippen LogP contribution in [-0.2, 0) is 11.2 Å². The third kappa shape index (κ3) is 13.0. The number of nitrogens with one attached hydrogen (secondary N) is 3. The van der Waals surface area contributed by atoms with E-state index in [1.807, 2.05) is 44.4 Å². The molecule has 0 radical (unpaired) electrons. The highest BCUT2D eigenvalue weighted by Crippen LogP contribution is 2.38. The molecule has 2 amide bonds. The van der Waals surface area contributed by atoms with E-state index in [0.29, 0.717) is 34.7 Å². The van der Waals surface area contributed by atoms with Crippen molar-refractivity contribution in [3.63, 3.8) is 0 Å². The van der Waals surface area contributed by atoms with Crippen molar-refractivity contribution in [2.75, 3.05) is 31.8 Å². The van der Waals surface area contributed by atoms with Gasteiger partial charge in [-0.15, -0.1) is 10.2 Å². The maximum absolute atomic E-state index is 12.6. The van der Waals surface area contributed by atoms with Gasteiger partial charge in [0.15, 0.2) is 17.3 Å². The van der Waals surface area contributed by atoms with E-state index in [1.165, 1.54) is 7.05 Å². The van der Waals surface area contributed by atoms with E-state index in [4.69, 9.17) is 10.5 Å². The molecule has 11 nitrogen and oxygen atoms in total. The monoisotopic (exact) mass is 736 g/mol. The van der Waals surface area contributed by atoms with Crippen molar-refractivity contribution in [3.8, 4) is 17.6 Å². The average Bonchev–Trinajstić information content (AvgIpc) is 4.02. The first-order chi connectivity index (χ1) is 26.0. The van der Waals surface area contributed by atoms with Crippen LogP contribution in [0.1, 0.15) is 119 Å². The molecule has 1 aliphatic carbocycles. The second-order valence-corrected chi connectivity index (χ2v) is 13.9. The summed E-state index contributed by atoms with van der Waals surface area (Å²) in [5.74, 6) is 7.45. The zero-order valence-corrected chi connectivity index (χ0v) is 33.7. The van der Waals surface area contributed by atoms with Gasteiger partial charge in [0, 0.05) is 72.8 Å². The molecule has 54 heavy (non-hydrogen) atoms. The number of hydrogen-bond donors (Lipinski definition) is 4. The van der Waals surface area contributed by atoms with Crippen LogP contribution in [0.2, 0.25) is 0 Å². The van der Waals surface area contributed by atoms with Crippen LogP contribution in [-0.4, -0.2) is 53.9 Å². The SMILES string of the molecule is CCCC#Cc1ccnc(CC)c1.CCCC(CCC(C)C)C(/C=C(\N)c1c(C)ccc(Nc2cc(NC(=O)C3CC3)nnc2C(=O)NC)c1OC)=NC. The number of ether oxygens (including phenoxy) is 1. The number of aliphatic imine (C=N–C) groups is 1. The number of anilines is 3. The molecular formula is C43H60N8O3. The van der Waals surface area contributed by atoms with Crippen molar-refractivity contribution in [1.82, 2.24) is 20.5 Å². The van der Waals surface area contributed by atoms with Crippen LogP contribution in [0.25, 0.3) is 5.70 Å². The lowest BCUT2D eigenvalue weighted by Crippen LogP contribution is -2.22. The van der Waals surface area contributed by atoms with E-state index in [2.05, 4.69) is 88.7 Å². The molecule has 4 rings (SSSR count). The topological polar surface area (TPSA) is 157 Å². The standard InChI is InChI=1S/C31H45N7O3.C12H15N/c1-8-9-20(12-10-18(2)3)24(33-5)16-22(32)27-19(4)11-15-23(29(27)41-7)35-25-17-26(36-30(39)21-13-14-21)37-38-28(25)31(40)34-6;1-3-5-6-7-11-8-9-13-12(4-2)10-11/h11,15-18,20-21H,8-10,12-14,32H2,1-7H3,(H,34,40)(H2,35,36,37,39);8-10H,3-5H2,1-2H3/b22-16-,33-24?;. The second-order valence-electron chi connectivity index (χ2n) is 13.9. The Morgan fingerprint density at radius 1 is 1.06 bits per heavy atom. The van der Waals surface area contributed by atoms with Gasteiger partial charge in [-0.1, -0.05) is 65.4 Å². The summed E-state index contributed by atoms with van der Waals surface area (Å²) >= 11 is 0. The van der Waals surface area contributed by atoms with Crippen molar-refractivity contribution in [3.05, 3.63) is 70.7 Å². The summed E-state index contributed by atoms with van der Waals surface area (Å²) in [4.78, 5) is 33.8. The van der Waals surface area contributed by atoms with Gasteiger partial charge in [-0.25, -0.2) is 0 Å². The molecule has 2 aromatic heterocycles. The van der Waals surface area contributed by atoms with Gasteiger partial charge in [0.1, 0.15) is 0 Å². The van der Waals surface area contributed by atoms with Crippen LogP contribution >= 0.6 is 0 Å². The minimum Gasteiger partial charge on any atom is -0.494 e. The number of aromatic nitrogens is 3. The van der Waals surface area contributed by atoms with Crippen molar-refractivity contribution < 1.29 is 14.3 Å². The van der Waals surface area contributed by atoms with Gasteiger partial charge in [-0.05, 0) is 81.2 Å². The third-order valence-corrected chi connectivity index (χ3v) is 9.06. The molecule has 11 heteroatoms. The van der Waals surface area contributed by atoms with Gasteiger partial charge in [-0.2, -0.15) is 0 Å². The summed E-state index contributed by atoms with van der Waals surface area (Å²) in [5.41, 5.74) is 13.2. The Kier molecular flexibility index (Phi) is 17.7. The lowest BCUT2D eigenvalue weighted by atomic mass is 9.89. The summed E-state index contributed by atoms with van der Waals surface area (Å²) in [6.45, 7) is 12.9. The third-order valence-electron chi connectivity index (χ3n) is 9.06. The molecule has 1 atom stereocenters. The molecule has 0 saturated heterocycles. The van der Waals surface area contributed by atoms with Crippen LogP contribution in [0.5, 0.6) is 5.75 Å². The van der Waals surface area contributed by atoms with E-state index in [-0.39, 0.29) is 23.3 Å². The quantitative estimate of drug-likeness (QED) is 0.0846. The second kappa shape index (κ2) is 22.1. The largest absolute Gasteiger partial charge is 0.494 e. The number of pyridine rings is 1. The van der Waals surface area contributed by atoms with Crippen molar-refractivity contribution in [2.24, 2.45) is 28.5 Å². The number of allylic oxidation sites excluding steroid dienone is 1. The van der Waals surface area contributed by atoms with Gasteiger partial charge < -0.3 is 26.4 Å². The number of carbonyl (C=O) groups excluding carboxylic acids is 2. The van der Waals surface area contributed by atoms with Crippen LogP contribution in [0.15, 0.2) is 47.6 Å². The highest BCUT2D eigenvalue weighted by Gasteiger charge is 2.30. The molecule has 5 N–H and O–H groups in total. The number of nitrogens with zero attached hydrogens (tertiary/aromatic N) is 4. The summed E-state index contributed by atoms with van der Waals surface area (Å²) in [6, 6.07) is 9.42. The maximum atomic E-state index is 12.6. The van der Waals surface area contributed by atoms with Gasteiger partial charge >= 0.3 is 0 Å². The summed E-state index contributed by atoms with van der Waals surface area (Å²) in [6.07, 6.45) is 12.9. The smallest absolute Gasteiger partial charge is 0.273 e. The lowest BCUT2D eigenvalue weighted by Gasteiger charge is -2.21. The van der Waals surface area contributed by atoms with E-state index < -0.39 is 5.91 Å². The number of methoxy groups -OCH3 is 1. The highest BCUT2D eigenvalue weighted by atomic mass is 16.5. The number of aryl methyl sites for hydroxylation is 2. The predicted molar refractivity (Wildman–Crippen MR) is 221 cm³/mol. The molecule has 1 aromatic carbocycles. The highest BCUT2D eigenvalue weighted by molar-refractivity contribution is 6.03. The number of nitrogens with two attached hydrogens (primary N) is 1. The van der Waals surface area contributed by atoms with E-state index in [1.54, 1.807) is 13.2 Å². The number of rotatable bonds is 16. The fraction of sp³-hybridized carbons (Fsp3) is 0.488. The van der Waals surface area contributed by atoms with Gasteiger partial charge in [0.2, 0.25) is 5.91 Å². The molecule has 1 saturated carbocycles. The molecule has 3 aromatic rings.